The second-order valence-corrected chi connectivity index (χ2v) is 8.43. The lowest BCUT2D eigenvalue weighted by atomic mass is 9.78. The summed E-state index contributed by atoms with van der Waals surface area (Å²) in [7, 11) is 4.62. The molecule has 3 aromatic rings. The van der Waals surface area contributed by atoms with Crippen LogP contribution in [0.2, 0.25) is 0 Å². The van der Waals surface area contributed by atoms with E-state index in [9.17, 15) is 9.90 Å². The first kappa shape index (κ1) is 21.8. The third-order valence-electron chi connectivity index (χ3n) is 6.54. The maximum absolute atomic E-state index is 12.7. The minimum Gasteiger partial charge on any atom is -0.507 e. The maximum Gasteiger partial charge on any atom is 0.340 e. The maximum atomic E-state index is 12.7. The van der Waals surface area contributed by atoms with Crippen LogP contribution in [0.3, 0.4) is 0 Å². The van der Waals surface area contributed by atoms with Crippen LogP contribution in [0.15, 0.2) is 30.3 Å². The number of ether oxygens (including phenoxy) is 3. The largest absolute Gasteiger partial charge is 0.507 e. The van der Waals surface area contributed by atoms with Crippen molar-refractivity contribution in [1.82, 2.24) is 4.57 Å². The van der Waals surface area contributed by atoms with Crippen LogP contribution in [0.1, 0.15) is 57.2 Å². The van der Waals surface area contributed by atoms with Gasteiger partial charge in [-0.25, -0.2) is 4.79 Å². The number of rotatable bonds is 4. The molecule has 0 amide bonds. The summed E-state index contributed by atoms with van der Waals surface area (Å²) in [6.07, 6.45) is 0. The lowest BCUT2D eigenvalue weighted by molar-refractivity contribution is 0.0601. The van der Waals surface area contributed by atoms with Crippen molar-refractivity contribution in [2.75, 3.05) is 21.3 Å². The Morgan fingerprint density at radius 1 is 0.938 bits per heavy atom. The number of phenols is 1. The first-order valence-corrected chi connectivity index (χ1v) is 10.6. The fourth-order valence-electron chi connectivity index (χ4n) is 5.11. The van der Waals surface area contributed by atoms with Gasteiger partial charge in [0.25, 0.3) is 0 Å². The fourth-order valence-corrected chi connectivity index (χ4v) is 5.11. The Bertz CT molecular complexity index is 1200. The standard InChI is InChI=1S/C26H29NO5/c1-13-8-17(9-14(2)25(13)28)23-16(4)27-15(3)10-20(26(29)32-7)24(27)19-12-22(31-6)21(30-5)11-18(19)23/h8-12,16,23,28H,1-7H3. The first-order valence-electron chi connectivity index (χ1n) is 10.6. The molecule has 1 N–H and O–H groups in total. The van der Waals surface area contributed by atoms with Gasteiger partial charge in [-0.2, -0.15) is 0 Å². The quantitative estimate of drug-likeness (QED) is 0.564. The number of carbonyl (C=O) groups is 1. The van der Waals surface area contributed by atoms with E-state index in [1.807, 2.05) is 51.1 Å². The normalized spacial score (nSPS) is 16.8. The van der Waals surface area contributed by atoms with Crippen LogP contribution in [-0.2, 0) is 4.74 Å². The van der Waals surface area contributed by atoms with Crippen molar-refractivity contribution >= 4 is 5.97 Å². The topological polar surface area (TPSA) is 69.9 Å². The number of carbonyl (C=O) groups excluding carboxylic acids is 1. The van der Waals surface area contributed by atoms with Crippen LogP contribution in [0.4, 0.5) is 0 Å². The Labute approximate surface area is 188 Å². The van der Waals surface area contributed by atoms with Gasteiger partial charge in [-0.1, -0.05) is 12.1 Å². The van der Waals surface area contributed by atoms with E-state index in [-0.39, 0.29) is 17.9 Å². The van der Waals surface area contributed by atoms with Crippen molar-refractivity contribution in [2.45, 2.75) is 39.7 Å². The SMILES string of the molecule is COC(=O)c1cc(C)n2c1-c1cc(OC)c(OC)cc1C(c1cc(C)c(O)c(C)c1)C2C. The van der Waals surface area contributed by atoms with Crippen LogP contribution in [0, 0.1) is 20.8 Å². The second kappa shape index (κ2) is 7.93. The lowest BCUT2D eigenvalue weighted by Crippen LogP contribution is -2.24. The van der Waals surface area contributed by atoms with E-state index in [1.165, 1.54) is 7.11 Å². The number of hydrogen-bond donors (Lipinski definition) is 1. The Morgan fingerprint density at radius 3 is 2.09 bits per heavy atom. The monoisotopic (exact) mass is 435 g/mol. The first-order chi connectivity index (χ1) is 15.2. The van der Waals surface area contributed by atoms with E-state index < -0.39 is 0 Å². The molecule has 6 heteroatoms. The summed E-state index contributed by atoms with van der Waals surface area (Å²) in [5.74, 6) is 1.15. The molecule has 168 valence electrons. The van der Waals surface area contributed by atoms with Crippen LogP contribution in [-0.4, -0.2) is 37.0 Å². The third-order valence-corrected chi connectivity index (χ3v) is 6.54. The lowest BCUT2D eigenvalue weighted by Gasteiger charge is -2.36. The van der Waals surface area contributed by atoms with Gasteiger partial charge in [-0.15, -0.1) is 0 Å². The number of esters is 1. The molecule has 0 radical (unpaired) electrons. The highest BCUT2D eigenvalue weighted by Crippen LogP contribution is 2.51. The highest BCUT2D eigenvalue weighted by Gasteiger charge is 2.37. The van der Waals surface area contributed by atoms with Crippen LogP contribution < -0.4 is 9.47 Å². The van der Waals surface area contributed by atoms with Gasteiger partial charge in [0, 0.05) is 23.2 Å². The van der Waals surface area contributed by atoms with Crippen LogP contribution in [0.5, 0.6) is 17.2 Å². The minimum absolute atomic E-state index is 0.0114. The summed E-state index contributed by atoms with van der Waals surface area (Å²) in [5.41, 5.74) is 7.03. The van der Waals surface area contributed by atoms with Crippen molar-refractivity contribution in [1.29, 1.82) is 0 Å². The fraction of sp³-hybridized carbons (Fsp3) is 0.346. The molecule has 2 atom stereocenters. The van der Waals surface area contributed by atoms with Crippen LogP contribution >= 0.6 is 0 Å². The van der Waals surface area contributed by atoms with Crippen molar-refractivity contribution < 1.29 is 24.1 Å². The molecule has 1 aliphatic rings. The summed E-state index contributed by atoms with van der Waals surface area (Å²) in [4.78, 5) is 12.7. The van der Waals surface area contributed by atoms with Crippen molar-refractivity contribution in [2.24, 2.45) is 0 Å². The summed E-state index contributed by atoms with van der Waals surface area (Å²) in [5, 5.41) is 10.3. The zero-order valence-corrected chi connectivity index (χ0v) is 19.6. The molecular formula is C26H29NO5. The number of fused-ring (bicyclic) bond motifs is 3. The summed E-state index contributed by atoms with van der Waals surface area (Å²) in [6.45, 7) is 7.98. The summed E-state index contributed by atoms with van der Waals surface area (Å²) in [6, 6.07) is 9.90. The van der Waals surface area contributed by atoms with Crippen molar-refractivity contribution in [3.05, 3.63) is 63.8 Å². The molecule has 2 heterocycles. The van der Waals surface area contributed by atoms with Gasteiger partial charge >= 0.3 is 5.97 Å². The van der Waals surface area contributed by atoms with Gasteiger partial charge in [-0.05, 0) is 68.1 Å². The number of methoxy groups -OCH3 is 3. The minimum atomic E-state index is -0.371. The van der Waals surface area contributed by atoms with E-state index in [1.54, 1.807) is 14.2 Å². The molecule has 2 aromatic carbocycles. The Kier molecular flexibility index (Phi) is 5.41. The number of aromatic hydroxyl groups is 1. The third kappa shape index (κ3) is 3.13. The molecule has 32 heavy (non-hydrogen) atoms. The van der Waals surface area contributed by atoms with Crippen molar-refractivity contribution in [3.63, 3.8) is 0 Å². The predicted molar refractivity (Wildman–Crippen MR) is 123 cm³/mol. The Morgan fingerprint density at radius 2 is 1.53 bits per heavy atom. The second-order valence-electron chi connectivity index (χ2n) is 8.43. The van der Waals surface area contributed by atoms with Gasteiger partial charge in [0.05, 0.1) is 32.6 Å². The molecule has 0 aliphatic carbocycles. The predicted octanol–water partition coefficient (Wildman–Crippen LogP) is 5.30. The van der Waals surface area contributed by atoms with E-state index in [2.05, 4.69) is 11.5 Å². The average Bonchev–Trinajstić information content (AvgIpc) is 3.13. The molecule has 1 aliphatic heterocycles. The van der Waals surface area contributed by atoms with Crippen LogP contribution in [0.25, 0.3) is 11.3 Å². The Hall–Kier alpha value is -3.41. The molecule has 6 nitrogen and oxygen atoms in total. The highest BCUT2D eigenvalue weighted by molar-refractivity contribution is 5.98. The molecule has 0 saturated heterocycles. The number of aryl methyl sites for hydroxylation is 3. The van der Waals surface area contributed by atoms with Gasteiger partial charge in [0.1, 0.15) is 5.75 Å². The molecule has 0 saturated carbocycles. The van der Waals surface area contributed by atoms with E-state index in [0.29, 0.717) is 22.8 Å². The highest BCUT2D eigenvalue weighted by atomic mass is 16.5. The summed E-state index contributed by atoms with van der Waals surface area (Å²) >= 11 is 0. The Balaban J connectivity index is 2.08. The van der Waals surface area contributed by atoms with Gasteiger partial charge in [0.15, 0.2) is 11.5 Å². The van der Waals surface area contributed by atoms with E-state index >= 15 is 0 Å². The van der Waals surface area contributed by atoms with E-state index in [4.69, 9.17) is 14.2 Å². The number of aromatic nitrogens is 1. The molecular weight excluding hydrogens is 406 g/mol. The molecule has 0 bridgehead atoms. The van der Waals surface area contributed by atoms with Gasteiger partial charge in [0.2, 0.25) is 0 Å². The molecule has 0 spiro atoms. The summed E-state index contributed by atoms with van der Waals surface area (Å²) < 4.78 is 18.5. The number of hydrogen-bond acceptors (Lipinski definition) is 5. The zero-order valence-electron chi connectivity index (χ0n) is 19.6. The molecule has 2 unspecified atom stereocenters. The number of phenolic OH excluding ortho intramolecular Hbond substituents is 1. The smallest absolute Gasteiger partial charge is 0.340 e. The average molecular weight is 436 g/mol. The van der Waals surface area contributed by atoms with Crippen molar-refractivity contribution in [3.8, 4) is 28.5 Å². The zero-order chi connectivity index (χ0) is 23.3. The van der Waals surface area contributed by atoms with Gasteiger partial charge in [-0.3, -0.25) is 0 Å². The molecule has 4 rings (SSSR count). The number of nitrogens with zero attached hydrogens (tertiary/aromatic N) is 1. The molecule has 0 fully saturated rings. The number of benzene rings is 2. The van der Waals surface area contributed by atoms with E-state index in [0.717, 1.165) is 39.2 Å². The molecule has 1 aromatic heterocycles. The van der Waals surface area contributed by atoms with Gasteiger partial charge < -0.3 is 23.9 Å².